The summed E-state index contributed by atoms with van der Waals surface area (Å²) >= 11 is 12.3. The van der Waals surface area contributed by atoms with Crippen LogP contribution in [0.1, 0.15) is 60.2 Å². The van der Waals surface area contributed by atoms with Gasteiger partial charge in [-0.1, -0.05) is 47.8 Å². The SMILES string of the molecule is CCCCOCC(=O)N(CC(=O)NCC(F)(F)F)C(=O)c1ccc(C2=NOC(C)(c3cc(Cl)cc(Cl)c3)C2)cc1C. The molecule has 0 aliphatic carbocycles. The van der Waals surface area contributed by atoms with Gasteiger partial charge in [0.25, 0.3) is 11.8 Å². The van der Waals surface area contributed by atoms with E-state index >= 15 is 0 Å². The molecule has 1 heterocycles. The summed E-state index contributed by atoms with van der Waals surface area (Å²) in [5, 5.41) is 6.81. The number of nitrogens with zero attached hydrogens (tertiary/aromatic N) is 2. The van der Waals surface area contributed by atoms with E-state index in [0.29, 0.717) is 44.6 Å². The van der Waals surface area contributed by atoms with Crippen LogP contribution >= 0.6 is 23.2 Å². The molecule has 0 fully saturated rings. The maximum absolute atomic E-state index is 13.4. The number of nitrogens with one attached hydrogen (secondary N) is 1. The van der Waals surface area contributed by atoms with Crippen LogP contribution in [0.2, 0.25) is 10.0 Å². The Labute approximate surface area is 245 Å². The number of amides is 3. The van der Waals surface area contributed by atoms with Crippen LogP contribution in [0.3, 0.4) is 0 Å². The van der Waals surface area contributed by atoms with E-state index in [9.17, 15) is 27.6 Å². The summed E-state index contributed by atoms with van der Waals surface area (Å²) in [6.07, 6.45) is -2.79. The van der Waals surface area contributed by atoms with Crippen LogP contribution in [-0.4, -0.2) is 60.8 Å². The molecule has 2 aromatic carbocycles. The highest BCUT2D eigenvalue weighted by molar-refractivity contribution is 6.34. The number of hydrogen-bond acceptors (Lipinski definition) is 6. The van der Waals surface area contributed by atoms with E-state index in [0.717, 1.165) is 12.0 Å². The minimum absolute atomic E-state index is 0.0863. The normalized spacial score (nSPS) is 16.6. The van der Waals surface area contributed by atoms with E-state index in [1.807, 2.05) is 13.8 Å². The topological polar surface area (TPSA) is 97.3 Å². The van der Waals surface area contributed by atoms with Crippen LogP contribution in [0.25, 0.3) is 0 Å². The molecule has 8 nitrogen and oxygen atoms in total. The highest BCUT2D eigenvalue weighted by Crippen LogP contribution is 2.38. The summed E-state index contributed by atoms with van der Waals surface area (Å²) in [7, 11) is 0. The number of carbonyl (C=O) groups is 3. The summed E-state index contributed by atoms with van der Waals surface area (Å²) < 4.78 is 43.0. The van der Waals surface area contributed by atoms with Gasteiger partial charge in [0.2, 0.25) is 5.91 Å². The van der Waals surface area contributed by atoms with E-state index < -0.39 is 49.2 Å². The molecule has 1 aliphatic rings. The Morgan fingerprint density at radius 1 is 1.15 bits per heavy atom. The molecule has 2 aromatic rings. The van der Waals surface area contributed by atoms with Gasteiger partial charge in [-0.25, -0.2) is 0 Å². The van der Waals surface area contributed by atoms with E-state index in [1.54, 1.807) is 42.6 Å². The van der Waals surface area contributed by atoms with Crippen LogP contribution < -0.4 is 5.32 Å². The lowest BCUT2D eigenvalue weighted by Crippen LogP contribution is -2.47. The highest BCUT2D eigenvalue weighted by atomic mass is 35.5. The maximum atomic E-state index is 13.4. The molecular weight excluding hydrogens is 586 g/mol. The summed E-state index contributed by atoms with van der Waals surface area (Å²) in [6.45, 7) is 2.66. The van der Waals surface area contributed by atoms with Gasteiger partial charge < -0.3 is 14.9 Å². The molecule has 0 saturated heterocycles. The lowest BCUT2D eigenvalue weighted by molar-refractivity contribution is -0.142. The fraction of sp³-hybridized carbons (Fsp3) is 0.429. The number of unbranched alkanes of at least 4 members (excludes halogenated alkanes) is 1. The van der Waals surface area contributed by atoms with Crippen LogP contribution in [0, 0.1) is 6.92 Å². The molecule has 1 N–H and O–H groups in total. The minimum atomic E-state index is -4.65. The molecule has 1 unspecified atom stereocenters. The maximum Gasteiger partial charge on any atom is 0.405 e. The second kappa shape index (κ2) is 13.7. The predicted molar refractivity (Wildman–Crippen MR) is 148 cm³/mol. The molecule has 1 atom stereocenters. The zero-order chi connectivity index (χ0) is 30.4. The summed E-state index contributed by atoms with van der Waals surface area (Å²) in [5.41, 5.74) is 1.68. The zero-order valence-corrected chi connectivity index (χ0v) is 24.3. The van der Waals surface area contributed by atoms with E-state index in [1.165, 1.54) is 6.07 Å². The molecule has 0 aromatic heterocycles. The van der Waals surface area contributed by atoms with Crippen molar-refractivity contribution in [3.05, 3.63) is 68.7 Å². The monoisotopic (exact) mass is 615 g/mol. The number of carbonyl (C=O) groups excluding carboxylic acids is 3. The third-order valence-corrected chi connectivity index (χ3v) is 6.76. The number of imide groups is 1. The first-order chi connectivity index (χ1) is 19.2. The van der Waals surface area contributed by atoms with Crippen molar-refractivity contribution in [3.63, 3.8) is 0 Å². The molecule has 41 heavy (non-hydrogen) atoms. The van der Waals surface area contributed by atoms with Gasteiger partial charge in [-0.15, -0.1) is 0 Å². The number of ether oxygens (including phenoxy) is 1. The molecule has 0 saturated carbocycles. The van der Waals surface area contributed by atoms with Crippen LogP contribution in [0.15, 0.2) is 41.6 Å². The Morgan fingerprint density at radius 3 is 2.44 bits per heavy atom. The molecule has 0 radical (unpaired) electrons. The van der Waals surface area contributed by atoms with Gasteiger partial charge in [0.15, 0.2) is 5.60 Å². The quantitative estimate of drug-likeness (QED) is 0.322. The molecule has 222 valence electrons. The second-order valence-corrected chi connectivity index (χ2v) is 10.7. The Morgan fingerprint density at radius 2 is 1.83 bits per heavy atom. The van der Waals surface area contributed by atoms with Crippen molar-refractivity contribution in [3.8, 4) is 0 Å². The number of alkyl halides is 3. The Bertz CT molecular complexity index is 1320. The highest BCUT2D eigenvalue weighted by Gasteiger charge is 2.37. The average molecular weight is 616 g/mol. The first-order valence-corrected chi connectivity index (χ1v) is 13.6. The number of halogens is 5. The Hall–Kier alpha value is -3.15. The number of oxime groups is 1. The fourth-order valence-electron chi connectivity index (χ4n) is 4.09. The lowest BCUT2D eigenvalue weighted by atomic mass is 9.88. The second-order valence-electron chi connectivity index (χ2n) is 9.81. The molecule has 1 aliphatic heterocycles. The van der Waals surface area contributed by atoms with E-state index in [-0.39, 0.29) is 12.2 Å². The van der Waals surface area contributed by atoms with Crippen molar-refractivity contribution >= 4 is 46.6 Å². The van der Waals surface area contributed by atoms with Crippen molar-refractivity contribution < 1.29 is 37.1 Å². The third kappa shape index (κ3) is 8.92. The molecule has 0 spiro atoms. The van der Waals surface area contributed by atoms with Gasteiger partial charge in [-0.3, -0.25) is 19.3 Å². The van der Waals surface area contributed by atoms with Gasteiger partial charge in [-0.05, 0) is 61.7 Å². The van der Waals surface area contributed by atoms with Crippen LogP contribution in [-0.2, 0) is 24.8 Å². The van der Waals surface area contributed by atoms with E-state index in [4.69, 9.17) is 32.8 Å². The molecule has 3 amide bonds. The Balaban J connectivity index is 1.79. The van der Waals surface area contributed by atoms with Gasteiger partial charge in [0, 0.05) is 34.2 Å². The Kier molecular flexibility index (Phi) is 10.8. The third-order valence-electron chi connectivity index (χ3n) is 6.33. The van der Waals surface area contributed by atoms with Crippen molar-refractivity contribution in [2.75, 3.05) is 26.3 Å². The van der Waals surface area contributed by atoms with Gasteiger partial charge >= 0.3 is 6.18 Å². The van der Waals surface area contributed by atoms with Gasteiger partial charge in [0.05, 0.1) is 5.71 Å². The molecule has 3 rings (SSSR count). The summed E-state index contributed by atoms with van der Waals surface area (Å²) in [5.74, 6) is -2.82. The number of hydrogen-bond donors (Lipinski definition) is 1. The smallest absolute Gasteiger partial charge is 0.384 e. The first kappa shape index (κ1) is 32.4. The van der Waals surface area contributed by atoms with Crippen molar-refractivity contribution in [2.45, 2.75) is 51.8 Å². The first-order valence-electron chi connectivity index (χ1n) is 12.8. The van der Waals surface area contributed by atoms with Crippen molar-refractivity contribution in [2.24, 2.45) is 5.16 Å². The predicted octanol–water partition coefficient (Wildman–Crippen LogP) is 5.81. The molecule has 0 bridgehead atoms. The summed E-state index contributed by atoms with van der Waals surface area (Å²) in [6, 6.07) is 9.84. The number of rotatable bonds is 11. The largest absolute Gasteiger partial charge is 0.405 e. The minimum Gasteiger partial charge on any atom is -0.384 e. The van der Waals surface area contributed by atoms with Gasteiger partial charge in [0.1, 0.15) is 19.7 Å². The van der Waals surface area contributed by atoms with Crippen LogP contribution in [0.4, 0.5) is 13.2 Å². The average Bonchev–Trinajstić information content (AvgIpc) is 3.30. The van der Waals surface area contributed by atoms with E-state index in [2.05, 4.69) is 5.16 Å². The lowest BCUT2D eigenvalue weighted by Gasteiger charge is -2.23. The van der Waals surface area contributed by atoms with Gasteiger partial charge in [-0.2, -0.15) is 13.2 Å². The molecular formula is C28H30Cl2F3N3O5. The fourth-order valence-corrected chi connectivity index (χ4v) is 4.62. The standard InChI is InChI=1S/C28H30Cl2F3N3O5/c1-4-5-8-40-15-25(38)36(14-24(37)34-16-28(31,32)33)26(39)22-7-6-18(9-17(22)2)23-13-27(3,41-35-23)19-10-20(29)12-21(30)11-19/h6-7,9-12H,4-5,8,13-16H2,1-3H3,(H,34,37). The zero-order valence-electron chi connectivity index (χ0n) is 22.7. The van der Waals surface area contributed by atoms with Crippen molar-refractivity contribution in [1.29, 1.82) is 0 Å². The van der Waals surface area contributed by atoms with Crippen molar-refractivity contribution in [1.82, 2.24) is 10.2 Å². The summed E-state index contributed by atoms with van der Waals surface area (Å²) in [4.78, 5) is 44.8. The van der Waals surface area contributed by atoms with Crippen LogP contribution in [0.5, 0.6) is 0 Å². The number of aryl methyl sites for hydroxylation is 1. The number of benzene rings is 2. The molecule has 13 heteroatoms.